The first-order valence-corrected chi connectivity index (χ1v) is 7.48. The smallest absolute Gasteiger partial charge is 0.0819 e. The van der Waals surface area contributed by atoms with Crippen LogP contribution in [-0.2, 0) is 0 Å². The Morgan fingerprint density at radius 3 is 2.83 bits per heavy atom. The van der Waals surface area contributed by atoms with Crippen molar-refractivity contribution in [1.82, 2.24) is 4.98 Å². The van der Waals surface area contributed by atoms with Gasteiger partial charge in [0.05, 0.1) is 15.8 Å². The number of nitrogens with zero attached hydrogens (tertiary/aromatic N) is 1. The number of anilines is 1. The van der Waals surface area contributed by atoms with E-state index in [0.29, 0.717) is 6.54 Å². The monoisotopic (exact) mass is 312 g/mol. The molecule has 1 heterocycles. The normalized spacial score (nSPS) is 28.1. The molecule has 0 amide bonds. The number of hydrogen-bond donors (Lipinski definition) is 2. The SMILES string of the molecule is CCC1CCC(O)(CNc2ccncc2Br)CC1. The van der Waals surface area contributed by atoms with Gasteiger partial charge in [-0.3, -0.25) is 4.98 Å². The number of halogens is 1. The molecule has 0 aliphatic heterocycles. The molecule has 1 saturated carbocycles. The van der Waals surface area contributed by atoms with Crippen LogP contribution in [0.25, 0.3) is 0 Å². The third-order valence-electron chi connectivity index (χ3n) is 3.99. The molecule has 2 N–H and O–H groups in total. The highest BCUT2D eigenvalue weighted by Gasteiger charge is 2.32. The van der Waals surface area contributed by atoms with E-state index in [4.69, 9.17) is 0 Å². The van der Waals surface area contributed by atoms with Gasteiger partial charge in [-0.15, -0.1) is 0 Å². The number of rotatable bonds is 4. The van der Waals surface area contributed by atoms with Crippen molar-refractivity contribution >= 4 is 21.6 Å². The molecule has 0 aromatic carbocycles. The van der Waals surface area contributed by atoms with Gasteiger partial charge in [0.25, 0.3) is 0 Å². The highest BCUT2D eigenvalue weighted by Crippen LogP contribution is 2.34. The van der Waals surface area contributed by atoms with Gasteiger partial charge in [0.1, 0.15) is 0 Å². The zero-order valence-electron chi connectivity index (χ0n) is 10.8. The second kappa shape index (κ2) is 6.02. The highest BCUT2D eigenvalue weighted by molar-refractivity contribution is 9.10. The Kier molecular flexibility index (Phi) is 4.62. The summed E-state index contributed by atoms with van der Waals surface area (Å²) in [5.41, 5.74) is 0.449. The predicted molar refractivity (Wildman–Crippen MR) is 77.6 cm³/mol. The lowest BCUT2D eigenvalue weighted by molar-refractivity contribution is 0.00228. The van der Waals surface area contributed by atoms with E-state index in [1.54, 1.807) is 12.4 Å². The van der Waals surface area contributed by atoms with Crippen LogP contribution in [-0.4, -0.2) is 22.2 Å². The first-order chi connectivity index (χ1) is 8.63. The van der Waals surface area contributed by atoms with Crippen molar-refractivity contribution in [2.75, 3.05) is 11.9 Å². The molecule has 0 radical (unpaired) electrons. The minimum Gasteiger partial charge on any atom is -0.388 e. The summed E-state index contributed by atoms with van der Waals surface area (Å²) in [5.74, 6) is 0.804. The predicted octanol–water partition coefficient (Wildman–Crippen LogP) is 3.59. The van der Waals surface area contributed by atoms with Crippen LogP contribution in [0.5, 0.6) is 0 Å². The summed E-state index contributed by atoms with van der Waals surface area (Å²) in [6.45, 7) is 2.85. The summed E-state index contributed by atoms with van der Waals surface area (Å²) in [6, 6.07) is 1.92. The Morgan fingerprint density at radius 2 is 2.22 bits per heavy atom. The molecular formula is C14H21BrN2O. The molecule has 4 heteroatoms. The molecule has 0 saturated heterocycles. The van der Waals surface area contributed by atoms with Gasteiger partial charge in [-0.1, -0.05) is 13.3 Å². The maximum Gasteiger partial charge on any atom is 0.0819 e. The standard InChI is InChI=1S/C14H21BrN2O/c1-2-11-3-6-14(18,7-4-11)10-17-13-5-8-16-9-12(13)15/h5,8-9,11,18H,2-4,6-7,10H2,1H3,(H,16,17). The second-order valence-corrected chi connectivity index (χ2v) is 6.14. The topological polar surface area (TPSA) is 45.1 Å². The molecule has 0 bridgehead atoms. The zero-order chi connectivity index (χ0) is 13.0. The molecule has 1 aromatic rings. The minimum absolute atomic E-state index is 0.547. The Labute approximate surface area is 117 Å². The van der Waals surface area contributed by atoms with Crippen LogP contribution in [0.1, 0.15) is 39.0 Å². The van der Waals surface area contributed by atoms with Crippen LogP contribution in [0.15, 0.2) is 22.9 Å². The molecule has 2 rings (SSSR count). The van der Waals surface area contributed by atoms with Crippen LogP contribution in [0.3, 0.4) is 0 Å². The van der Waals surface area contributed by atoms with Crippen molar-refractivity contribution in [2.45, 2.75) is 44.6 Å². The van der Waals surface area contributed by atoms with Crippen molar-refractivity contribution in [3.05, 3.63) is 22.9 Å². The van der Waals surface area contributed by atoms with Crippen LogP contribution >= 0.6 is 15.9 Å². The molecule has 1 aromatic heterocycles. The Balaban J connectivity index is 1.88. The zero-order valence-corrected chi connectivity index (χ0v) is 12.4. The van der Waals surface area contributed by atoms with Crippen LogP contribution in [0.2, 0.25) is 0 Å². The molecule has 18 heavy (non-hydrogen) atoms. The number of aliphatic hydroxyl groups is 1. The van der Waals surface area contributed by atoms with Gasteiger partial charge >= 0.3 is 0 Å². The maximum atomic E-state index is 10.5. The van der Waals surface area contributed by atoms with E-state index >= 15 is 0 Å². The van der Waals surface area contributed by atoms with E-state index in [1.807, 2.05) is 6.07 Å². The summed E-state index contributed by atoms with van der Waals surface area (Å²) >= 11 is 3.45. The number of hydrogen-bond acceptors (Lipinski definition) is 3. The van der Waals surface area contributed by atoms with Gasteiger partial charge in [0.15, 0.2) is 0 Å². The second-order valence-electron chi connectivity index (χ2n) is 5.29. The van der Waals surface area contributed by atoms with Gasteiger partial charge in [-0.2, -0.15) is 0 Å². The molecule has 1 aliphatic rings. The van der Waals surface area contributed by atoms with Gasteiger partial charge in [0, 0.05) is 18.9 Å². The quantitative estimate of drug-likeness (QED) is 0.893. The molecule has 0 unspecified atom stereocenters. The lowest BCUT2D eigenvalue weighted by atomic mass is 9.78. The van der Waals surface area contributed by atoms with Crippen molar-refractivity contribution in [3.8, 4) is 0 Å². The van der Waals surface area contributed by atoms with Crippen LogP contribution in [0.4, 0.5) is 5.69 Å². The van der Waals surface area contributed by atoms with Crippen LogP contribution in [0, 0.1) is 5.92 Å². The number of pyridine rings is 1. The molecule has 1 aliphatic carbocycles. The fourth-order valence-corrected chi connectivity index (χ4v) is 2.97. The molecular weight excluding hydrogens is 292 g/mol. The Morgan fingerprint density at radius 1 is 1.50 bits per heavy atom. The third kappa shape index (κ3) is 3.45. The highest BCUT2D eigenvalue weighted by atomic mass is 79.9. The van der Waals surface area contributed by atoms with Crippen LogP contribution < -0.4 is 5.32 Å². The maximum absolute atomic E-state index is 10.5. The third-order valence-corrected chi connectivity index (χ3v) is 4.63. The molecule has 0 spiro atoms. The summed E-state index contributed by atoms with van der Waals surface area (Å²) < 4.78 is 0.941. The van der Waals surface area contributed by atoms with E-state index < -0.39 is 5.60 Å². The van der Waals surface area contributed by atoms with Crippen molar-refractivity contribution in [3.63, 3.8) is 0 Å². The summed E-state index contributed by atoms with van der Waals surface area (Å²) in [4.78, 5) is 4.03. The van der Waals surface area contributed by atoms with Gasteiger partial charge < -0.3 is 10.4 Å². The van der Waals surface area contributed by atoms with E-state index in [9.17, 15) is 5.11 Å². The van der Waals surface area contributed by atoms with E-state index in [2.05, 4.69) is 33.2 Å². The van der Waals surface area contributed by atoms with E-state index in [1.165, 1.54) is 6.42 Å². The summed E-state index contributed by atoms with van der Waals surface area (Å²) in [5, 5.41) is 13.9. The first kappa shape index (κ1) is 13.8. The first-order valence-electron chi connectivity index (χ1n) is 6.69. The average molecular weight is 313 g/mol. The van der Waals surface area contributed by atoms with Gasteiger partial charge in [0.2, 0.25) is 0 Å². The Hall–Kier alpha value is -0.610. The minimum atomic E-state index is -0.547. The largest absolute Gasteiger partial charge is 0.388 e. The van der Waals surface area contributed by atoms with Crippen molar-refractivity contribution < 1.29 is 5.11 Å². The van der Waals surface area contributed by atoms with E-state index in [0.717, 1.165) is 41.8 Å². The van der Waals surface area contributed by atoms with Gasteiger partial charge in [-0.25, -0.2) is 0 Å². The number of aromatic nitrogens is 1. The molecule has 100 valence electrons. The van der Waals surface area contributed by atoms with Crippen molar-refractivity contribution in [2.24, 2.45) is 5.92 Å². The fraction of sp³-hybridized carbons (Fsp3) is 0.643. The van der Waals surface area contributed by atoms with E-state index in [-0.39, 0.29) is 0 Å². The molecule has 1 fully saturated rings. The van der Waals surface area contributed by atoms with Gasteiger partial charge in [-0.05, 0) is 53.6 Å². The Bertz CT molecular complexity index is 389. The lowest BCUT2D eigenvalue weighted by Crippen LogP contribution is -2.40. The van der Waals surface area contributed by atoms with Crippen molar-refractivity contribution in [1.29, 1.82) is 0 Å². The summed E-state index contributed by atoms with van der Waals surface area (Å²) in [7, 11) is 0. The molecule has 3 nitrogen and oxygen atoms in total. The lowest BCUT2D eigenvalue weighted by Gasteiger charge is -2.36. The fourth-order valence-electron chi connectivity index (χ4n) is 2.58. The summed E-state index contributed by atoms with van der Waals surface area (Å²) in [6.07, 6.45) is 8.85. The molecule has 0 atom stereocenters. The average Bonchev–Trinajstić information content (AvgIpc) is 2.39. The number of nitrogens with one attached hydrogen (secondary N) is 1.